The smallest absolute Gasteiger partial charge is 0.323 e. The molecule has 2 aromatic rings. The second-order valence-electron chi connectivity index (χ2n) is 5.96. The number of carbonyl (C=O) groups is 3. The van der Waals surface area contributed by atoms with Gasteiger partial charge in [0, 0.05) is 17.4 Å². The molecule has 3 N–H and O–H groups in total. The van der Waals surface area contributed by atoms with Crippen LogP contribution in [0.5, 0.6) is 5.75 Å². The zero-order valence-corrected chi connectivity index (χ0v) is 13.7. The molecule has 1 aliphatic rings. The largest absolute Gasteiger partial charge is 0.508 e. The van der Waals surface area contributed by atoms with E-state index in [-0.39, 0.29) is 29.2 Å². The topological polar surface area (TPSA) is 98.7 Å². The molecule has 4 amide bonds. The average Bonchev–Trinajstić information content (AvgIpc) is 2.80. The maximum absolute atomic E-state index is 12.4. The molecule has 0 spiro atoms. The number of carbonyl (C=O) groups excluding carboxylic acids is 3. The third-order valence-corrected chi connectivity index (χ3v) is 3.82. The van der Waals surface area contributed by atoms with Crippen LogP contribution in [0.3, 0.4) is 0 Å². The Kier molecular flexibility index (Phi) is 4.14. The van der Waals surface area contributed by atoms with Gasteiger partial charge in [0.1, 0.15) is 5.75 Å². The van der Waals surface area contributed by atoms with E-state index in [1.165, 1.54) is 29.2 Å². The van der Waals surface area contributed by atoms with Gasteiger partial charge in [-0.05, 0) is 56.3 Å². The fraction of sp³-hybridized carbons (Fsp3) is 0.167. The van der Waals surface area contributed by atoms with Crippen LogP contribution in [0, 0.1) is 0 Å². The minimum Gasteiger partial charge on any atom is -0.508 e. The van der Waals surface area contributed by atoms with Gasteiger partial charge in [0.15, 0.2) is 0 Å². The third-order valence-electron chi connectivity index (χ3n) is 3.82. The molecule has 0 fully saturated rings. The van der Waals surface area contributed by atoms with Crippen LogP contribution in [-0.2, 0) is 0 Å². The third kappa shape index (κ3) is 3.16. The predicted molar refractivity (Wildman–Crippen MR) is 92.8 cm³/mol. The van der Waals surface area contributed by atoms with E-state index in [0.29, 0.717) is 16.9 Å². The van der Waals surface area contributed by atoms with Crippen molar-refractivity contribution in [2.24, 2.45) is 0 Å². The maximum atomic E-state index is 12.4. The van der Waals surface area contributed by atoms with Crippen molar-refractivity contribution in [3.05, 3.63) is 53.6 Å². The van der Waals surface area contributed by atoms with Gasteiger partial charge < -0.3 is 15.7 Å². The number of amides is 4. The molecule has 1 aliphatic heterocycles. The summed E-state index contributed by atoms with van der Waals surface area (Å²) in [6.07, 6.45) is 0. The fourth-order valence-corrected chi connectivity index (χ4v) is 2.64. The van der Waals surface area contributed by atoms with Crippen molar-refractivity contribution in [2.75, 3.05) is 10.6 Å². The molecule has 128 valence electrons. The summed E-state index contributed by atoms with van der Waals surface area (Å²) in [5.41, 5.74) is 1.53. The molecule has 1 heterocycles. The van der Waals surface area contributed by atoms with Gasteiger partial charge in [-0.2, -0.15) is 0 Å². The molecule has 0 saturated carbocycles. The number of rotatable bonds is 3. The van der Waals surface area contributed by atoms with E-state index in [1.807, 2.05) is 0 Å². The average molecular weight is 339 g/mol. The number of fused-ring (bicyclic) bond motifs is 1. The summed E-state index contributed by atoms with van der Waals surface area (Å²) in [6, 6.07) is 9.89. The molecule has 0 bridgehead atoms. The van der Waals surface area contributed by atoms with Crippen LogP contribution in [0.1, 0.15) is 34.6 Å². The minimum atomic E-state index is -0.497. The highest BCUT2D eigenvalue weighted by atomic mass is 16.3. The highest BCUT2D eigenvalue weighted by Crippen LogP contribution is 2.27. The maximum Gasteiger partial charge on any atom is 0.323 e. The zero-order chi connectivity index (χ0) is 18.1. The second-order valence-corrected chi connectivity index (χ2v) is 5.96. The van der Waals surface area contributed by atoms with Crippen molar-refractivity contribution in [2.45, 2.75) is 19.9 Å². The first-order valence-corrected chi connectivity index (χ1v) is 7.76. The number of anilines is 2. The number of phenols is 1. The van der Waals surface area contributed by atoms with Crippen LogP contribution in [-0.4, -0.2) is 33.9 Å². The molecule has 0 aliphatic carbocycles. The molecule has 0 radical (unpaired) electrons. The summed E-state index contributed by atoms with van der Waals surface area (Å²) >= 11 is 0. The molecular formula is C18H17N3O4. The lowest BCUT2D eigenvalue weighted by Gasteiger charge is -2.17. The molecule has 7 nitrogen and oxygen atoms in total. The van der Waals surface area contributed by atoms with Gasteiger partial charge in [-0.25, -0.2) is 4.79 Å². The van der Waals surface area contributed by atoms with E-state index in [9.17, 15) is 19.5 Å². The Morgan fingerprint density at radius 1 is 0.920 bits per heavy atom. The monoisotopic (exact) mass is 339 g/mol. The Balaban J connectivity index is 1.75. The number of imide groups is 1. The summed E-state index contributed by atoms with van der Waals surface area (Å²) in [5, 5.41) is 14.5. The predicted octanol–water partition coefficient (Wildman–Crippen LogP) is 3.04. The van der Waals surface area contributed by atoms with Gasteiger partial charge in [0.05, 0.1) is 11.1 Å². The minimum absolute atomic E-state index is 0.0995. The Morgan fingerprint density at radius 2 is 1.48 bits per heavy atom. The second kappa shape index (κ2) is 6.27. The first kappa shape index (κ1) is 16.5. The van der Waals surface area contributed by atoms with Crippen LogP contribution < -0.4 is 10.6 Å². The number of aromatic hydroxyl groups is 1. The standard InChI is InChI=1S/C18H17N3O4/c1-10(2)21-16(23)14-8-5-12(9-15(14)17(21)24)20-18(25)19-11-3-6-13(22)7-4-11/h3-10,22H,1-2H3,(H2,19,20,25). The molecule has 0 aromatic heterocycles. The van der Waals surface area contributed by atoms with Crippen LogP contribution in [0.2, 0.25) is 0 Å². The highest BCUT2D eigenvalue weighted by Gasteiger charge is 2.37. The van der Waals surface area contributed by atoms with Crippen LogP contribution in [0.25, 0.3) is 0 Å². The van der Waals surface area contributed by atoms with Gasteiger partial charge in [0.25, 0.3) is 11.8 Å². The Labute approximate surface area is 144 Å². The van der Waals surface area contributed by atoms with Crippen molar-refractivity contribution in [3.63, 3.8) is 0 Å². The summed E-state index contributed by atoms with van der Waals surface area (Å²) in [7, 11) is 0. The molecule has 2 aromatic carbocycles. The lowest BCUT2D eigenvalue weighted by atomic mass is 10.1. The van der Waals surface area contributed by atoms with Gasteiger partial charge in [-0.1, -0.05) is 0 Å². The quantitative estimate of drug-likeness (QED) is 0.591. The van der Waals surface area contributed by atoms with Crippen molar-refractivity contribution >= 4 is 29.2 Å². The number of nitrogens with zero attached hydrogens (tertiary/aromatic N) is 1. The highest BCUT2D eigenvalue weighted by molar-refractivity contribution is 6.22. The molecule has 25 heavy (non-hydrogen) atoms. The van der Waals surface area contributed by atoms with Crippen molar-refractivity contribution < 1.29 is 19.5 Å². The van der Waals surface area contributed by atoms with Crippen molar-refractivity contribution in [1.29, 1.82) is 0 Å². The molecule has 0 saturated heterocycles. The lowest BCUT2D eigenvalue weighted by molar-refractivity contribution is 0.0609. The van der Waals surface area contributed by atoms with Crippen molar-refractivity contribution in [3.8, 4) is 5.75 Å². The summed E-state index contributed by atoms with van der Waals surface area (Å²) in [6.45, 7) is 3.54. The normalized spacial score (nSPS) is 13.2. The number of hydrogen-bond donors (Lipinski definition) is 3. The molecule has 0 unspecified atom stereocenters. The lowest BCUT2D eigenvalue weighted by Crippen LogP contribution is -2.35. The Morgan fingerprint density at radius 3 is 2.12 bits per heavy atom. The summed E-state index contributed by atoms with van der Waals surface area (Å²) in [5.74, 6) is -0.588. The molecular weight excluding hydrogens is 322 g/mol. The van der Waals surface area contributed by atoms with Crippen LogP contribution in [0.4, 0.5) is 16.2 Å². The van der Waals surface area contributed by atoms with Crippen molar-refractivity contribution in [1.82, 2.24) is 4.90 Å². The van der Waals surface area contributed by atoms with Crippen LogP contribution >= 0.6 is 0 Å². The van der Waals surface area contributed by atoms with Gasteiger partial charge >= 0.3 is 6.03 Å². The first-order chi connectivity index (χ1) is 11.9. The summed E-state index contributed by atoms with van der Waals surface area (Å²) in [4.78, 5) is 37.8. The number of benzene rings is 2. The van der Waals surface area contributed by atoms with E-state index >= 15 is 0 Å². The van der Waals surface area contributed by atoms with E-state index in [1.54, 1.807) is 32.0 Å². The van der Waals surface area contributed by atoms with Gasteiger partial charge in [-0.15, -0.1) is 0 Å². The Bertz CT molecular complexity index is 859. The molecule has 3 rings (SSSR count). The Hall–Kier alpha value is -3.35. The zero-order valence-electron chi connectivity index (χ0n) is 13.7. The molecule has 7 heteroatoms. The van der Waals surface area contributed by atoms with Crippen LogP contribution in [0.15, 0.2) is 42.5 Å². The first-order valence-electron chi connectivity index (χ1n) is 7.76. The number of hydrogen-bond acceptors (Lipinski definition) is 4. The van der Waals surface area contributed by atoms with E-state index in [2.05, 4.69) is 10.6 Å². The number of nitrogens with one attached hydrogen (secondary N) is 2. The van der Waals surface area contributed by atoms with E-state index < -0.39 is 6.03 Å². The van der Waals surface area contributed by atoms with E-state index in [4.69, 9.17) is 0 Å². The number of phenolic OH excluding ortho intramolecular Hbond substituents is 1. The summed E-state index contributed by atoms with van der Waals surface area (Å²) < 4.78 is 0. The van der Waals surface area contributed by atoms with E-state index in [0.717, 1.165) is 0 Å². The van der Waals surface area contributed by atoms with Gasteiger partial charge in [0.2, 0.25) is 0 Å². The number of urea groups is 1. The molecule has 0 atom stereocenters. The van der Waals surface area contributed by atoms with Gasteiger partial charge in [-0.3, -0.25) is 14.5 Å². The SMILES string of the molecule is CC(C)N1C(=O)c2ccc(NC(=O)Nc3ccc(O)cc3)cc2C1=O. The fourth-order valence-electron chi connectivity index (χ4n) is 2.64.